The summed E-state index contributed by atoms with van der Waals surface area (Å²) in [5.41, 5.74) is 3.69. The molecule has 1 aromatic rings. The van der Waals surface area contributed by atoms with Crippen LogP contribution >= 0.6 is 0 Å². The van der Waals surface area contributed by atoms with Gasteiger partial charge in [-0.25, -0.2) is 0 Å². The van der Waals surface area contributed by atoms with E-state index in [9.17, 15) is 9.59 Å². The van der Waals surface area contributed by atoms with Gasteiger partial charge in [0.05, 0.1) is 7.29 Å². The smallest absolute Gasteiger partial charge is 0.308 e. The van der Waals surface area contributed by atoms with Gasteiger partial charge in [0.15, 0.2) is 0 Å². The summed E-state index contributed by atoms with van der Waals surface area (Å²) in [6.45, 7) is 3.63. The Balaban J connectivity index is 2.02. The van der Waals surface area contributed by atoms with Gasteiger partial charge in [0.25, 0.3) is 5.91 Å². The second-order valence-electron chi connectivity index (χ2n) is 5.21. The van der Waals surface area contributed by atoms with E-state index in [1.165, 1.54) is 0 Å². The largest absolute Gasteiger partial charge is 0.481 e. The van der Waals surface area contributed by atoms with Gasteiger partial charge in [-0.3, -0.25) is 9.59 Å². The van der Waals surface area contributed by atoms with Gasteiger partial charge in [-0.1, -0.05) is 31.2 Å². The maximum absolute atomic E-state index is 12.0. The lowest BCUT2D eigenvalue weighted by Gasteiger charge is -2.09. The summed E-state index contributed by atoms with van der Waals surface area (Å²) in [5, 5.41) is 11.4. The number of hydrogen-bond donors (Lipinski definition) is 2. The van der Waals surface area contributed by atoms with Crippen molar-refractivity contribution in [3.63, 3.8) is 0 Å². The van der Waals surface area contributed by atoms with E-state index in [0.29, 0.717) is 18.0 Å². The summed E-state index contributed by atoms with van der Waals surface area (Å²) in [6.07, 6.45) is 2.47. The Morgan fingerprint density at radius 3 is 2.57 bits per heavy atom. The van der Waals surface area contributed by atoms with Crippen molar-refractivity contribution in [2.24, 2.45) is 5.92 Å². The lowest BCUT2D eigenvalue weighted by atomic mass is 10.0. The van der Waals surface area contributed by atoms with E-state index in [2.05, 4.69) is 5.32 Å². The van der Waals surface area contributed by atoms with Crippen molar-refractivity contribution in [1.82, 2.24) is 5.32 Å². The first-order valence-corrected chi connectivity index (χ1v) is 6.87. The van der Waals surface area contributed by atoms with Gasteiger partial charge in [0.1, 0.15) is 0 Å². The molecule has 0 saturated heterocycles. The summed E-state index contributed by atoms with van der Waals surface area (Å²) in [7, 11) is 0. The molecule has 0 heterocycles. The minimum atomic E-state index is -0.932. The van der Waals surface area contributed by atoms with Crippen LogP contribution in [-0.2, 0) is 4.79 Å². The summed E-state index contributed by atoms with van der Waals surface area (Å²) in [6, 6.07) is 7.76. The third-order valence-electron chi connectivity index (χ3n) is 3.56. The highest BCUT2D eigenvalue weighted by Gasteiger charge is 2.14. The number of carbonyl (C=O) groups excluding carboxylic acids is 1. The topological polar surface area (TPSA) is 66.4 Å². The predicted molar refractivity (Wildman–Crippen MR) is 81.9 cm³/mol. The third-order valence-corrected chi connectivity index (χ3v) is 3.56. The minimum Gasteiger partial charge on any atom is -0.481 e. The van der Waals surface area contributed by atoms with Crippen LogP contribution in [0.2, 0.25) is 0 Å². The molecule has 0 aliphatic heterocycles. The van der Waals surface area contributed by atoms with Crippen molar-refractivity contribution in [3.8, 4) is 0 Å². The van der Waals surface area contributed by atoms with Crippen molar-refractivity contribution < 1.29 is 16.1 Å². The van der Waals surface area contributed by atoms with Crippen LogP contribution < -0.4 is 5.32 Å². The van der Waals surface area contributed by atoms with Gasteiger partial charge >= 0.3 is 5.97 Å². The monoisotopic (exact) mass is 286 g/mol. The Bertz CT molecular complexity index is 659. The number of carbonyl (C=O) groups is 2. The highest BCUT2D eigenvalue weighted by Crippen LogP contribution is 2.28. The average Bonchev–Trinajstić information content (AvgIpc) is 2.83. The van der Waals surface area contributed by atoms with Crippen molar-refractivity contribution in [3.05, 3.63) is 53.1 Å². The number of amides is 1. The molecule has 4 heteroatoms. The molecule has 0 bridgehead atoms. The zero-order valence-corrected chi connectivity index (χ0v) is 12.1. The van der Waals surface area contributed by atoms with Crippen molar-refractivity contribution >= 4 is 17.4 Å². The molecule has 1 aliphatic rings. The summed E-state index contributed by atoms with van der Waals surface area (Å²) >= 11 is 0. The van der Waals surface area contributed by atoms with Crippen LogP contribution in [-0.4, -0.2) is 23.5 Å². The fraction of sp³-hybridized carbons (Fsp3) is 0.294. The molecular formula is C17H19NO3. The number of allylic oxidation sites excluding steroid dienone is 4. The summed E-state index contributed by atoms with van der Waals surface area (Å²) < 4.78 is 7.69. The molecule has 21 heavy (non-hydrogen) atoms. The number of nitrogens with one attached hydrogen (secondary N) is 1. The fourth-order valence-corrected chi connectivity index (χ4v) is 2.12. The lowest BCUT2D eigenvalue weighted by Crippen LogP contribution is -2.31. The van der Waals surface area contributed by atoms with E-state index in [1.54, 1.807) is 19.1 Å². The van der Waals surface area contributed by atoms with E-state index < -0.39 is 11.9 Å². The maximum Gasteiger partial charge on any atom is 0.308 e. The van der Waals surface area contributed by atoms with Crippen LogP contribution in [0.5, 0.6) is 0 Å². The first-order chi connectivity index (χ1) is 10.4. The molecule has 0 saturated carbocycles. The molecule has 1 amide bonds. The van der Waals surface area contributed by atoms with E-state index in [4.69, 9.17) is 6.48 Å². The van der Waals surface area contributed by atoms with E-state index in [0.717, 1.165) is 16.7 Å². The van der Waals surface area contributed by atoms with Gasteiger partial charge in [0.2, 0.25) is 0 Å². The van der Waals surface area contributed by atoms with Crippen LogP contribution in [0.4, 0.5) is 0 Å². The SMILES string of the molecule is [2H]C1=CC(C)=C(c2ccc(C(=O)NCC(C)C(=O)O)cc2)C1. The van der Waals surface area contributed by atoms with Gasteiger partial charge in [-0.15, -0.1) is 0 Å². The highest BCUT2D eigenvalue weighted by molar-refractivity contribution is 5.94. The normalized spacial score (nSPS) is 16.3. The molecular weight excluding hydrogens is 266 g/mol. The molecule has 1 unspecified atom stereocenters. The number of aliphatic carboxylic acids is 1. The van der Waals surface area contributed by atoms with Crippen molar-refractivity contribution in [1.29, 1.82) is 0 Å². The zero-order valence-electron chi connectivity index (χ0n) is 13.1. The van der Waals surface area contributed by atoms with Gasteiger partial charge in [-0.2, -0.15) is 0 Å². The number of carboxylic acid groups (broad SMARTS) is 1. The van der Waals surface area contributed by atoms with Crippen LogP contribution in [0.1, 0.15) is 37.6 Å². The quantitative estimate of drug-likeness (QED) is 0.874. The van der Waals surface area contributed by atoms with Crippen molar-refractivity contribution in [2.45, 2.75) is 20.3 Å². The standard InChI is InChI=1S/C17H19NO3/c1-11-4-3-5-15(11)13-6-8-14(9-7-13)16(19)18-10-12(2)17(20)21/h3-4,6-9,12H,5,10H2,1-2H3,(H,18,19)(H,20,21)/i3D. The molecule has 2 N–H and O–H groups in total. The van der Waals surface area contributed by atoms with Gasteiger partial charge < -0.3 is 10.4 Å². The number of rotatable bonds is 5. The second kappa shape index (κ2) is 6.39. The van der Waals surface area contributed by atoms with Gasteiger partial charge in [0, 0.05) is 12.1 Å². The average molecular weight is 286 g/mol. The van der Waals surface area contributed by atoms with Crippen LogP contribution in [0.15, 0.2) is 42.0 Å². The molecule has 0 radical (unpaired) electrons. The molecule has 110 valence electrons. The molecule has 2 rings (SSSR count). The first-order valence-electron chi connectivity index (χ1n) is 7.37. The molecule has 1 aliphatic carbocycles. The Kier molecular flexibility index (Phi) is 4.15. The fourth-order valence-electron chi connectivity index (χ4n) is 2.12. The van der Waals surface area contributed by atoms with Crippen LogP contribution in [0, 0.1) is 5.92 Å². The van der Waals surface area contributed by atoms with Gasteiger partial charge in [-0.05, 0) is 42.2 Å². The van der Waals surface area contributed by atoms with E-state index in [-0.39, 0.29) is 12.5 Å². The Morgan fingerprint density at radius 1 is 1.38 bits per heavy atom. The summed E-state index contributed by atoms with van der Waals surface area (Å²) in [4.78, 5) is 22.7. The van der Waals surface area contributed by atoms with E-state index >= 15 is 0 Å². The minimum absolute atomic E-state index is 0.103. The molecule has 0 aromatic heterocycles. The highest BCUT2D eigenvalue weighted by atomic mass is 16.4. The number of carboxylic acids is 1. The lowest BCUT2D eigenvalue weighted by molar-refractivity contribution is -0.140. The zero-order chi connectivity index (χ0) is 16.3. The third kappa shape index (κ3) is 3.60. The second-order valence-corrected chi connectivity index (χ2v) is 5.21. The summed E-state index contributed by atoms with van der Waals surface area (Å²) in [5.74, 6) is -1.83. The maximum atomic E-state index is 12.0. The number of hydrogen-bond acceptors (Lipinski definition) is 2. The first kappa shape index (κ1) is 13.6. The van der Waals surface area contributed by atoms with Crippen LogP contribution in [0.25, 0.3) is 5.57 Å². The molecule has 0 fully saturated rings. The Labute approximate surface area is 125 Å². The molecule has 1 aromatic carbocycles. The van der Waals surface area contributed by atoms with Crippen LogP contribution in [0.3, 0.4) is 0 Å². The van der Waals surface area contributed by atoms with E-state index in [1.807, 2.05) is 25.1 Å². The number of benzene rings is 1. The predicted octanol–water partition coefficient (Wildman–Crippen LogP) is 2.87. The molecule has 1 atom stereocenters. The Hall–Kier alpha value is -2.36. The Morgan fingerprint density at radius 2 is 2.05 bits per heavy atom. The molecule has 4 nitrogen and oxygen atoms in total. The molecule has 0 spiro atoms. The van der Waals surface area contributed by atoms with Crippen molar-refractivity contribution in [2.75, 3.05) is 6.54 Å².